The van der Waals surface area contributed by atoms with E-state index in [4.69, 9.17) is 8.83 Å². The van der Waals surface area contributed by atoms with Gasteiger partial charge < -0.3 is 19.3 Å². The number of aliphatic hydroxyl groups is 1. The highest BCUT2D eigenvalue weighted by Crippen LogP contribution is 2.18. The molecule has 0 aliphatic heterocycles. The van der Waals surface area contributed by atoms with Gasteiger partial charge in [0.2, 0.25) is 0 Å². The second-order valence-corrected chi connectivity index (χ2v) is 4.37. The maximum Gasteiger partial charge on any atom is 0.272 e. The molecule has 7 nitrogen and oxygen atoms in total. The summed E-state index contributed by atoms with van der Waals surface area (Å²) in [4.78, 5) is 12.1. The second kappa shape index (κ2) is 5.68. The number of carbonyl (C=O) groups is 1. The molecule has 3 N–H and O–H groups in total. The molecule has 0 fully saturated rings. The van der Waals surface area contributed by atoms with Crippen molar-refractivity contribution in [2.45, 2.75) is 6.04 Å². The highest BCUT2D eigenvalue weighted by Gasteiger charge is 2.19. The molecule has 0 spiro atoms. The van der Waals surface area contributed by atoms with E-state index in [1.807, 2.05) is 0 Å². The summed E-state index contributed by atoms with van der Waals surface area (Å²) in [6.07, 6.45) is 3.02. The molecule has 7 heteroatoms. The normalized spacial score (nSPS) is 12.2. The van der Waals surface area contributed by atoms with Crippen LogP contribution in [0.4, 0.5) is 0 Å². The van der Waals surface area contributed by atoms with Gasteiger partial charge in [-0.25, -0.2) is 0 Å². The fraction of sp³-hybridized carbons (Fsp3) is 0.143. The van der Waals surface area contributed by atoms with E-state index in [9.17, 15) is 9.90 Å². The van der Waals surface area contributed by atoms with E-state index in [1.54, 1.807) is 30.3 Å². The minimum atomic E-state index is -0.615. The van der Waals surface area contributed by atoms with Crippen LogP contribution in [0.2, 0.25) is 0 Å². The first kappa shape index (κ1) is 13.2. The average Bonchev–Trinajstić information content (AvgIpc) is 3.26. The Morgan fingerprint density at radius 2 is 2.14 bits per heavy atom. The lowest BCUT2D eigenvalue weighted by molar-refractivity contribution is 0.0902. The van der Waals surface area contributed by atoms with E-state index in [-0.39, 0.29) is 12.3 Å². The van der Waals surface area contributed by atoms with Crippen molar-refractivity contribution in [1.82, 2.24) is 15.5 Å². The summed E-state index contributed by atoms with van der Waals surface area (Å²) in [6, 6.07) is 7.83. The van der Waals surface area contributed by atoms with Crippen LogP contribution in [0.3, 0.4) is 0 Å². The molecule has 0 radical (unpaired) electrons. The molecule has 0 aliphatic rings. The number of hydrogen-bond donors (Lipinski definition) is 3. The maximum atomic E-state index is 12.1. The molecular weight excluding hydrogens is 274 g/mol. The number of aromatic nitrogens is 2. The first-order valence-corrected chi connectivity index (χ1v) is 6.32. The van der Waals surface area contributed by atoms with Crippen molar-refractivity contribution in [2.75, 3.05) is 6.61 Å². The average molecular weight is 287 g/mol. The number of nitrogens with zero attached hydrogens (tertiary/aromatic N) is 1. The summed E-state index contributed by atoms with van der Waals surface area (Å²) < 4.78 is 10.4. The van der Waals surface area contributed by atoms with Gasteiger partial charge in [0.15, 0.2) is 11.5 Å². The standard InChI is InChI=1S/C14H13N3O4/c18-8-11(13-4-2-6-21-13)15-14(19)10-7-9(16-17-10)12-3-1-5-20-12/h1-7,11,18H,8H2,(H,15,19)(H,16,17). The summed E-state index contributed by atoms with van der Waals surface area (Å²) in [6.45, 7) is -0.269. The molecule has 3 aromatic rings. The molecule has 3 aromatic heterocycles. The molecule has 0 saturated heterocycles. The van der Waals surface area contributed by atoms with Gasteiger partial charge in [-0.05, 0) is 24.3 Å². The summed E-state index contributed by atoms with van der Waals surface area (Å²) in [5, 5.41) is 18.6. The Kier molecular flexibility index (Phi) is 3.57. The van der Waals surface area contributed by atoms with E-state index in [1.165, 1.54) is 12.5 Å². The van der Waals surface area contributed by atoms with Gasteiger partial charge in [-0.1, -0.05) is 0 Å². The van der Waals surface area contributed by atoms with Gasteiger partial charge in [0, 0.05) is 6.07 Å². The Hall–Kier alpha value is -2.80. The topological polar surface area (TPSA) is 104 Å². The molecular formula is C14H13N3O4. The Bertz CT molecular complexity index is 701. The zero-order chi connectivity index (χ0) is 14.7. The van der Waals surface area contributed by atoms with E-state index in [2.05, 4.69) is 15.5 Å². The zero-order valence-electron chi connectivity index (χ0n) is 10.9. The van der Waals surface area contributed by atoms with Gasteiger partial charge in [0.25, 0.3) is 5.91 Å². The van der Waals surface area contributed by atoms with Crippen LogP contribution >= 0.6 is 0 Å². The third-order valence-electron chi connectivity index (χ3n) is 2.97. The van der Waals surface area contributed by atoms with Crippen LogP contribution in [-0.4, -0.2) is 27.8 Å². The number of hydrogen-bond acceptors (Lipinski definition) is 5. The van der Waals surface area contributed by atoms with Gasteiger partial charge in [0.05, 0.1) is 19.1 Å². The Labute approximate surface area is 119 Å². The van der Waals surface area contributed by atoms with E-state index in [0.29, 0.717) is 17.2 Å². The molecule has 3 rings (SSSR count). The SMILES string of the molecule is O=C(NC(CO)c1ccco1)c1cc(-c2ccco2)[nH]n1. The van der Waals surface area contributed by atoms with Crippen molar-refractivity contribution in [1.29, 1.82) is 0 Å². The third-order valence-corrected chi connectivity index (χ3v) is 2.97. The minimum Gasteiger partial charge on any atom is -0.467 e. The van der Waals surface area contributed by atoms with Crippen LogP contribution in [0.25, 0.3) is 11.5 Å². The van der Waals surface area contributed by atoms with Crippen LogP contribution in [0.5, 0.6) is 0 Å². The number of carbonyl (C=O) groups excluding carboxylic acids is 1. The summed E-state index contributed by atoms with van der Waals surface area (Å²) in [5.41, 5.74) is 0.801. The number of H-pyrrole nitrogens is 1. The Morgan fingerprint density at radius 3 is 2.81 bits per heavy atom. The molecule has 1 amide bonds. The minimum absolute atomic E-state index is 0.200. The van der Waals surface area contributed by atoms with Gasteiger partial charge in [-0.3, -0.25) is 9.89 Å². The van der Waals surface area contributed by atoms with E-state index in [0.717, 1.165) is 0 Å². The molecule has 1 unspecified atom stereocenters. The first-order chi connectivity index (χ1) is 10.3. The molecule has 0 aliphatic carbocycles. The highest BCUT2D eigenvalue weighted by molar-refractivity contribution is 5.93. The van der Waals surface area contributed by atoms with E-state index < -0.39 is 11.9 Å². The van der Waals surface area contributed by atoms with E-state index >= 15 is 0 Å². The van der Waals surface area contributed by atoms with Gasteiger partial charge >= 0.3 is 0 Å². The largest absolute Gasteiger partial charge is 0.467 e. The number of furan rings is 2. The Morgan fingerprint density at radius 1 is 1.33 bits per heavy atom. The summed E-state index contributed by atoms with van der Waals surface area (Å²) in [7, 11) is 0. The van der Waals surface area contributed by atoms with Gasteiger partial charge in [-0.15, -0.1) is 0 Å². The lowest BCUT2D eigenvalue weighted by Gasteiger charge is -2.12. The quantitative estimate of drug-likeness (QED) is 0.663. The number of amides is 1. The number of aliphatic hydroxyl groups excluding tert-OH is 1. The molecule has 108 valence electrons. The second-order valence-electron chi connectivity index (χ2n) is 4.37. The van der Waals surface area contributed by atoms with Crippen molar-refractivity contribution in [3.63, 3.8) is 0 Å². The molecule has 21 heavy (non-hydrogen) atoms. The third kappa shape index (κ3) is 2.72. The van der Waals surface area contributed by atoms with Crippen molar-refractivity contribution in [2.24, 2.45) is 0 Å². The summed E-state index contributed by atoms with van der Waals surface area (Å²) in [5.74, 6) is 0.651. The lowest BCUT2D eigenvalue weighted by atomic mass is 10.2. The highest BCUT2D eigenvalue weighted by atomic mass is 16.3. The smallest absolute Gasteiger partial charge is 0.272 e. The van der Waals surface area contributed by atoms with Crippen molar-refractivity contribution >= 4 is 5.91 Å². The summed E-state index contributed by atoms with van der Waals surface area (Å²) >= 11 is 0. The molecule has 1 atom stereocenters. The van der Waals surface area contributed by atoms with Crippen molar-refractivity contribution in [3.8, 4) is 11.5 Å². The van der Waals surface area contributed by atoms with Crippen LogP contribution in [0.15, 0.2) is 51.7 Å². The van der Waals surface area contributed by atoms with Crippen molar-refractivity contribution < 1.29 is 18.7 Å². The molecule has 0 saturated carbocycles. The lowest BCUT2D eigenvalue weighted by Crippen LogP contribution is -2.30. The first-order valence-electron chi connectivity index (χ1n) is 6.32. The van der Waals surface area contributed by atoms with Gasteiger partial charge in [0.1, 0.15) is 17.5 Å². The molecule has 0 aromatic carbocycles. The van der Waals surface area contributed by atoms with Gasteiger partial charge in [-0.2, -0.15) is 5.10 Å². The van der Waals surface area contributed by atoms with Crippen molar-refractivity contribution in [3.05, 3.63) is 54.3 Å². The fourth-order valence-electron chi connectivity index (χ4n) is 1.92. The maximum absolute atomic E-state index is 12.1. The number of nitrogens with one attached hydrogen (secondary N) is 2. The molecule has 0 bridgehead atoms. The monoisotopic (exact) mass is 287 g/mol. The fourth-order valence-corrected chi connectivity index (χ4v) is 1.92. The number of aromatic amines is 1. The Balaban J connectivity index is 1.73. The zero-order valence-corrected chi connectivity index (χ0v) is 10.9. The predicted octanol–water partition coefficient (Wildman–Crippen LogP) is 1.73. The predicted molar refractivity (Wildman–Crippen MR) is 72.3 cm³/mol. The van der Waals surface area contributed by atoms with Crippen LogP contribution in [0, 0.1) is 0 Å². The van der Waals surface area contributed by atoms with Crippen LogP contribution in [0.1, 0.15) is 22.3 Å². The van der Waals surface area contributed by atoms with Crippen LogP contribution in [-0.2, 0) is 0 Å². The number of rotatable bonds is 5. The van der Waals surface area contributed by atoms with Crippen LogP contribution < -0.4 is 5.32 Å². The molecule has 3 heterocycles.